The molecule has 0 saturated carbocycles. The normalized spacial score (nSPS) is 10.9. The van der Waals surface area contributed by atoms with Crippen molar-refractivity contribution in [2.75, 3.05) is 0 Å². The molecule has 1 rings (SSSR count). The molecule has 0 atom stereocenters. The summed E-state index contributed by atoms with van der Waals surface area (Å²) in [5.41, 5.74) is 0.953. The Kier molecular flexibility index (Phi) is 3.74. The van der Waals surface area contributed by atoms with E-state index < -0.39 is 8.60 Å². The Balaban J connectivity index is 2.47. The standard InChI is InChI=1S/C8H9O3P/c9-12(10)11-7-6-8-4-2-1-3-5-8/h1-7,9-10H. The van der Waals surface area contributed by atoms with E-state index in [0.717, 1.165) is 5.56 Å². The maximum absolute atomic E-state index is 8.38. The zero-order valence-electron chi connectivity index (χ0n) is 6.29. The molecule has 0 spiro atoms. The molecule has 2 N–H and O–H groups in total. The number of benzene rings is 1. The first kappa shape index (κ1) is 9.20. The number of hydrogen-bond acceptors (Lipinski definition) is 3. The van der Waals surface area contributed by atoms with Gasteiger partial charge in [0.2, 0.25) is 0 Å². The fraction of sp³-hybridized carbons (Fsp3) is 0. The van der Waals surface area contributed by atoms with Crippen molar-refractivity contribution < 1.29 is 14.3 Å². The molecule has 1 aromatic carbocycles. The van der Waals surface area contributed by atoms with Crippen LogP contribution in [0.1, 0.15) is 5.56 Å². The van der Waals surface area contributed by atoms with E-state index in [9.17, 15) is 0 Å². The van der Waals surface area contributed by atoms with Gasteiger partial charge in [-0.25, -0.2) is 0 Å². The van der Waals surface area contributed by atoms with E-state index in [1.54, 1.807) is 6.08 Å². The first-order valence-corrected chi connectivity index (χ1v) is 4.52. The minimum atomic E-state index is -2.28. The summed E-state index contributed by atoms with van der Waals surface area (Å²) >= 11 is 0. The van der Waals surface area contributed by atoms with E-state index in [-0.39, 0.29) is 0 Å². The van der Waals surface area contributed by atoms with Crippen LogP contribution in [0.3, 0.4) is 0 Å². The van der Waals surface area contributed by atoms with Crippen LogP contribution in [0.15, 0.2) is 36.6 Å². The van der Waals surface area contributed by atoms with Crippen LogP contribution >= 0.6 is 8.60 Å². The molecule has 0 aromatic heterocycles. The van der Waals surface area contributed by atoms with Gasteiger partial charge in [-0.1, -0.05) is 30.3 Å². The minimum Gasteiger partial charge on any atom is -0.435 e. The summed E-state index contributed by atoms with van der Waals surface area (Å²) in [5.74, 6) is 0. The Morgan fingerprint density at radius 1 is 1.17 bits per heavy atom. The highest BCUT2D eigenvalue weighted by Gasteiger charge is 1.92. The summed E-state index contributed by atoms with van der Waals surface area (Å²) < 4.78 is 4.44. The molecular formula is C8H9O3P. The molecule has 0 saturated heterocycles. The van der Waals surface area contributed by atoms with Gasteiger partial charge in [-0.3, -0.25) is 0 Å². The largest absolute Gasteiger partial charge is 0.435 e. The van der Waals surface area contributed by atoms with Gasteiger partial charge >= 0.3 is 8.60 Å². The van der Waals surface area contributed by atoms with Gasteiger partial charge in [-0.15, -0.1) is 0 Å². The van der Waals surface area contributed by atoms with E-state index in [1.165, 1.54) is 6.26 Å². The van der Waals surface area contributed by atoms with Crippen molar-refractivity contribution in [1.82, 2.24) is 0 Å². The van der Waals surface area contributed by atoms with Crippen molar-refractivity contribution in [2.24, 2.45) is 0 Å². The van der Waals surface area contributed by atoms with Crippen molar-refractivity contribution in [3.05, 3.63) is 42.2 Å². The summed E-state index contributed by atoms with van der Waals surface area (Å²) in [4.78, 5) is 16.8. The molecule has 1 aromatic rings. The third-order valence-corrected chi connectivity index (χ3v) is 1.53. The fourth-order valence-electron chi connectivity index (χ4n) is 0.728. The highest BCUT2D eigenvalue weighted by atomic mass is 31.2. The summed E-state index contributed by atoms with van der Waals surface area (Å²) in [6.45, 7) is 0. The third-order valence-electron chi connectivity index (χ3n) is 1.22. The van der Waals surface area contributed by atoms with Crippen molar-refractivity contribution in [3.63, 3.8) is 0 Å². The van der Waals surface area contributed by atoms with Crippen molar-refractivity contribution in [2.45, 2.75) is 0 Å². The Hall–Kier alpha value is -0.890. The van der Waals surface area contributed by atoms with Gasteiger partial charge in [0.05, 0.1) is 6.26 Å². The minimum absolute atomic E-state index is 0.953. The quantitative estimate of drug-likeness (QED) is 0.557. The molecule has 0 aliphatic heterocycles. The zero-order chi connectivity index (χ0) is 8.81. The predicted octanol–water partition coefficient (Wildman–Crippen LogP) is 1.89. The van der Waals surface area contributed by atoms with E-state index in [0.29, 0.717) is 0 Å². The Morgan fingerprint density at radius 2 is 1.83 bits per heavy atom. The molecule has 0 heterocycles. The van der Waals surface area contributed by atoms with Crippen LogP contribution in [0.4, 0.5) is 0 Å². The molecule has 0 radical (unpaired) electrons. The van der Waals surface area contributed by atoms with Gasteiger partial charge < -0.3 is 14.3 Å². The SMILES string of the molecule is OP(O)OC=Cc1ccccc1. The first-order valence-electron chi connectivity index (χ1n) is 3.35. The van der Waals surface area contributed by atoms with E-state index >= 15 is 0 Å². The molecule has 64 valence electrons. The van der Waals surface area contributed by atoms with Gasteiger partial charge in [0.1, 0.15) is 0 Å². The second-order valence-corrected chi connectivity index (χ2v) is 2.79. The zero-order valence-corrected chi connectivity index (χ0v) is 7.19. The number of rotatable bonds is 3. The van der Waals surface area contributed by atoms with Crippen LogP contribution in [0.2, 0.25) is 0 Å². The molecule has 4 heteroatoms. The fourth-order valence-corrected chi connectivity index (χ4v) is 0.897. The topological polar surface area (TPSA) is 49.7 Å². The van der Waals surface area contributed by atoms with Crippen LogP contribution in [-0.4, -0.2) is 9.79 Å². The predicted molar refractivity (Wildman–Crippen MR) is 47.9 cm³/mol. The summed E-state index contributed by atoms with van der Waals surface area (Å²) in [6.07, 6.45) is 2.92. The first-order chi connectivity index (χ1) is 5.79. The highest BCUT2D eigenvalue weighted by Crippen LogP contribution is 2.24. The van der Waals surface area contributed by atoms with E-state index in [2.05, 4.69) is 4.52 Å². The maximum atomic E-state index is 8.38. The van der Waals surface area contributed by atoms with Crippen molar-refractivity contribution in [3.8, 4) is 0 Å². The van der Waals surface area contributed by atoms with Crippen molar-refractivity contribution >= 4 is 14.7 Å². The Morgan fingerprint density at radius 3 is 2.42 bits per heavy atom. The second kappa shape index (κ2) is 4.88. The maximum Gasteiger partial charge on any atom is 0.390 e. The Labute approximate surface area is 71.9 Å². The molecule has 0 aliphatic rings. The van der Waals surface area contributed by atoms with E-state index in [1.807, 2.05) is 30.3 Å². The van der Waals surface area contributed by atoms with Crippen LogP contribution in [0, 0.1) is 0 Å². The molecule has 0 amide bonds. The molecule has 0 bridgehead atoms. The van der Waals surface area contributed by atoms with Gasteiger partial charge in [0.15, 0.2) is 0 Å². The van der Waals surface area contributed by atoms with Gasteiger partial charge in [0.25, 0.3) is 0 Å². The van der Waals surface area contributed by atoms with Crippen LogP contribution in [0.5, 0.6) is 0 Å². The lowest BCUT2D eigenvalue weighted by Gasteiger charge is -1.97. The molecular weight excluding hydrogens is 175 g/mol. The van der Waals surface area contributed by atoms with Crippen LogP contribution in [0.25, 0.3) is 6.08 Å². The second-order valence-electron chi connectivity index (χ2n) is 2.07. The van der Waals surface area contributed by atoms with Crippen molar-refractivity contribution in [1.29, 1.82) is 0 Å². The average Bonchev–Trinajstić information content (AvgIpc) is 2.05. The van der Waals surface area contributed by atoms with Gasteiger partial charge in [-0.05, 0) is 11.6 Å². The molecule has 3 nitrogen and oxygen atoms in total. The highest BCUT2D eigenvalue weighted by molar-refractivity contribution is 7.39. The van der Waals surface area contributed by atoms with Gasteiger partial charge in [-0.2, -0.15) is 0 Å². The Bertz CT molecular complexity index is 246. The third kappa shape index (κ3) is 3.49. The van der Waals surface area contributed by atoms with Crippen LogP contribution < -0.4 is 0 Å². The lowest BCUT2D eigenvalue weighted by atomic mass is 10.2. The smallest absolute Gasteiger partial charge is 0.390 e. The van der Waals surface area contributed by atoms with E-state index in [4.69, 9.17) is 9.79 Å². The number of hydrogen-bond donors (Lipinski definition) is 2. The average molecular weight is 184 g/mol. The summed E-state index contributed by atoms with van der Waals surface area (Å²) in [6, 6.07) is 9.46. The summed E-state index contributed by atoms with van der Waals surface area (Å²) in [7, 11) is -2.28. The van der Waals surface area contributed by atoms with Crippen LogP contribution in [-0.2, 0) is 4.52 Å². The lowest BCUT2D eigenvalue weighted by molar-refractivity contribution is 0.344. The molecule has 0 fully saturated rings. The lowest BCUT2D eigenvalue weighted by Crippen LogP contribution is -1.72. The summed E-state index contributed by atoms with van der Waals surface area (Å²) in [5, 5.41) is 0. The monoisotopic (exact) mass is 184 g/mol. The molecule has 0 unspecified atom stereocenters. The molecule has 0 aliphatic carbocycles. The molecule has 12 heavy (non-hydrogen) atoms. The van der Waals surface area contributed by atoms with Gasteiger partial charge in [0, 0.05) is 0 Å².